The van der Waals surface area contributed by atoms with Gasteiger partial charge in [-0.25, -0.2) is 15.0 Å². The first-order valence-corrected chi connectivity index (χ1v) is 10.4. The molecule has 5 heterocycles. The Morgan fingerprint density at radius 3 is 2.87 bits per heavy atom. The van der Waals surface area contributed by atoms with E-state index >= 15 is 0 Å². The number of aromatic amines is 1. The number of rotatable bonds is 1. The number of fused-ring (bicyclic) bond motifs is 5. The Labute approximate surface area is 187 Å². The lowest BCUT2D eigenvalue weighted by molar-refractivity contribution is -0.125. The van der Waals surface area contributed by atoms with E-state index in [4.69, 9.17) is 11.6 Å². The second-order valence-corrected chi connectivity index (χ2v) is 8.70. The van der Waals surface area contributed by atoms with Crippen molar-refractivity contribution in [3.05, 3.63) is 51.1 Å². The van der Waals surface area contributed by atoms with E-state index in [1.807, 2.05) is 0 Å². The van der Waals surface area contributed by atoms with Crippen LogP contribution in [0.1, 0.15) is 23.2 Å². The van der Waals surface area contributed by atoms with Crippen LogP contribution in [0.5, 0.6) is 0 Å². The second-order valence-electron chi connectivity index (χ2n) is 7.41. The first kappa shape index (κ1) is 18.5. The smallest absolute Gasteiger partial charge is 0.240 e. The Morgan fingerprint density at radius 1 is 1.19 bits per heavy atom. The summed E-state index contributed by atoms with van der Waals surface area (Å²) >= 11 is 9.78. The fourth-order valence-electron chi connectivity index (χ4n) is 4.53. The van der Waals surface area contributed by atoms with Gasteiger partial charge in [0.05, 0.1) is 17.7 Å². The van der Waals surface area contributed by atoms with Gasteiger partial charge in [0, 0.05) is 21.5 Å². The monoisotopic (exact) mass is 498 g/mol. The third-order valence-corrected chi connectivity index (χ3v) is 6.56. The van der Waals surface area contributed by atoms with Crippen LogP contribution in [0.4, 0.5) is 11.5 Å². The predicted octanol–water partition coefficient (Wildman–Crippen LogP) is 2.84. The maximum absolute atomic E-state index is 13.4. The molecular formula is C19H12BrClN8O2. The molecule has 2 aliphatic heterocycles. The number of benzene rings is 1. The maximum Gasteiger partial charge on any atom is 0.240 e. The summed E-state index contributed by atoms with van der Waals surface area (Å²) in [4.78, 5) is 41.9. The Balaban J connectivity index is 1.68. The van der Waals surface area contributed by atoms with Crippen molar-refractivity contribution in [2.24, 2.45) is 0 Å². The minimum atomic E-state index is -1.26. The standard InChI is InChI=1S/C19H12BrClN8O2/c1-7-12-16(29(28-7)17-14-15(23-5-22-14)24-6-25-17)26-11(30)4-19(12)9-2-8(21)3-10(20)13(9)27-18(19)31/h2-3,5-6H,4H2,1H3,(H,26,30)(H,27,31)(H,22,23,24,25)/t19-/m0/s1. The van der Waals surface area contributed by atoms with Gasteiger partial charge in [-0.3, -0.25) is 9.59 Å². The fraction of sp³-hybridized carbons (Fsp3) is 0.158. The molecule has 0 fully saturated rings. The van der Waals surface area contributed by atoms with Crippen LogP contribution < -0.4 is 10.6 Å². The number of halogens is 2. The number of anilines is 2. The summed E-state index contributed by atoms with van der Waals surface area (Å²) in [6, 6.07) is 3.42. The first-order chi connectivity index (χ1) is 14.9. The lowest BCUT2D eigenvalue weighted by Crippen LogP contribution is -2.43. The molecule has 0 aliphatic carbocycles. The minimum absolute atomic E-state index is 0.0681. The van der Waals surface area contributed by atoms with Gasteiger partial charge in [0.25, 0.3) is 0 Å². The molecule has 10 nitrogen and oxygen atoms in total. The topological polar surface area (TPSA) is 130 Å². The Morgan fingerprint density at radius 2 is 2.03 bits per heavy atom. The van der Waals surface area contributed by atoms with Crippen molar-refractivity contribution in [2.75, 3.05) is 10.6 Å². The number of H-pyrrole nitrogens is 1. The number of nitrogens with one attached hydrogen (secondary N) is 3. The van der Waals surface area contributed by atoms with Crippen molar-refractivity contribution in [1.29, 1.82) is 0 Å². The number of nitrogens with zero attached hydrogens (tertiary/aromatic N) is 5. The molecule has 4 aromatic rings. The molecule has 0 saturated carbocycles. The number of carbonyl (C=O) groups is 2. The Bertz CT molecular complexity index is 1460. The molecule has 6 rings (SSSR count). The lowest BCUT2D eigenvalue weighted by atomic mass is 9.71. The van der Waals surface area contributed by atoms with Crippen LogP contribution in [-0.4, -0.2) is 41.5 Å². The van der Waals surface area contributed by atoms with Crippen LogP contribution in [0.15, 0.2) is 29.3 Å². The molecule has 1 aromatic carbocycles. The van der Waals surface area contributed by atoms with E-state index in [1.165, 1.54) is 17.3 Å². The molecule has 3 N–H and O–H groups in total. The van der Waals surface area contributed by atoms with E-state index < -0.39 is 5.41 Å². The average Bonchev–Trinajstić information content (AvgIpc) is 3.39. The number of hydrogen-bond acceptors (Lipinski definition) is 6. The van der Waals surface area contributed by atoms with Gasteiger partial charge in [-0.15, -0.1) is 0 Å². The van der Waals surface area contributed by atoms with Crippen molar-refractivity contribution in [3.63, 3.8) is 0 Å². The quantitative estimate of drug-likeness (QED) is 0.369. The van der Waals surface area contributed by atoms with Crippen molar-refractivity contribution < 1.29 is 9.59 Å². The van der Waals surface area contributed by atoms with Gasteiger partial charge >= 0.3 is 0 Å². The molecule has 1 spiro atoms. The summed E-state index contributed by atoms with van der Waals surface area (Å²) in [5, 5.41) is 10.9. The van der Waals surface area contributed by atoms with Gasteiger partial charge in [-0.1, -0.05) is 11.6 Å². The molecule has 3 aromatic heterocycles. The SMILES string of the molecule is Cc1nn(-c2ncnc3nc[nH]c23)c2c1[C@@]1(CC(=O)N2)C(=O)Nc2c(Br)cc(Cl)cc21. The zero-order valence-corrected chi connectivity index (χ0v) is 18.2. The average molecular weight is 500 g/mol. The van der Waals surface area contributed by atoms with Crippen LogP contribution in [0.2, 0.25) is 5.02 Å². The van der Waals surface area contributed by atoms with E-state index in [0.717, 1.165) is 0 Å². The third-order valence-electron chi connectivity index (χ3n) is 5.72. The van der Waals surface area contributed by atoms with E-state index in [9.17, 15) is 9.59 Å². The summed E-state index contributed by atoms with van der Waals surface area (Å²) < 4.78 is 2.16. The van der Waals surface area contributed by atoms with E-state index in [1.54, 1.807) is 19.1 Å². The Kier molecular flexibility index (Phi) is 3.64. The normalized spacial score (nSPS) is 19.5. The predicted molar refractivity (Wildman–Crippen MR) is 115 cm³/mol. The highest BCUT2D eigenvalue weighted by Crippen LogP contribution is 2.53. The molecule has 31 heavy (non-hydrogen) atoms. The molecule has 0 unspecified atom stereocenters. The molecular weight excluding hydrogens is 488 g/mol. The number of aromatic nitrogens is 6. The molecule has 0 bridgehead atoms. The van der Waals surface area contributed by atoms with Gasteiger partial charge < -0.3 is 15.6 Å². The van der Waals surface area contributed by atoms with Crippen molar-refractivity contribution in [1.82, 2.24) is 29.7 Å². The molecule has 2 aliphatic rings. The maximum atomic E-state index is 13.4. The van der Waals surface area contributed by atoms with Gasteiger partial charge in [-0.05, 0) is 40.5 Å². The van der Waals surface area contributed by atoms with Crippen molar-refractivity contribution in [2.45, 2.75) is 18.8 Å². The zero-order valence-electron chi connectivity index (χ0n) is 15.8. The Hall–Kier alpha value is -3.31. The summed E-state index contributed by atoms with van der Waals surface area (Å²) in [6.07, 6.45) is 2.81. The van der Waals surface area contributed by atoms with Gasteiger partial charge in [-0.2, -0.15) is 9.78 Å². The highest BCUT2D eigenvalue weighted by Gasteiger charge is 2.56. The highest BCUT2D eigenvalue weighted by molar-refractivity contribution is 9.10. The molecule has 0 radical (unpaired) electrons. The first-order valence-electron chi connectivity index (χ1n) is 9.25. The van der Waals surface area contributed by atoms with Crippen LogP contribution in [0, 0.1) is 6.92 Å². The van der Waals surface area contributed by atoms with E-state index in [0.29, 0.717) is 54.8 Å². The summed E-state index contributed by atoms with van der Waals surface area (Å²) in [5.74, 6) is 0.166. The molecule has 12 heteroatoms. The summed E-state index contributed by atoms with van der Waals surface area (Å²) in [7, 11) is 0. The van der Waals surface area contributed by atoms with Gasteiger partial charge in [0.1, 0.15) is 23.1 Å². The van der Waals surface area contributed by atoms with Gasteiger partial charge in [0.2, 0.25) is 11.8 Å². The summed E-state index contributed by atoms with van der Waals surface area (Å²) in [5.41, 5.74) is 2.17. The molecule has 0 saturated heterocycles. The van der Waals surface area contributed by atoms with Crippen LogP contribution in [0.3, 0.4) is 0 Å². The number of carbonyl (C=O) groups excluding carboxylic acids is 2. The number of amides is 2. The lowest BCUT2D eigenvalue weighted by Gasteiger charge is -2.32. The number of hydrogen-bond donors (Lipinski definition) is 3. The van der Waals surface area contributed by atoms with Crippen LogP contribution >= 0.6 is 27.5 Å². The van der Waals surface area contributed by atoms with Crippen molar-refractivity contribution >= 4 is 62.0 Å². The number of imidazole rings is 1. The largest absolute Gasteiger partial charge is 0.340 e. The second kappa shape index (κ2) is 6.11. The van der Waals surface area contributed by atoms with E-state index in [2.05, 4.69) is 51.6 Å². The van der Waals surface area contributed by atoms with Gasteiger partial charge in [0.15, 0.2) is 11.5 Å². The van der Waals surface area contributed by atoms with Crippen LogP contribution in [-0.2, 0) is 15.0 Å². The van der Waals surface area contributed by atoms with Crippen LogP contribution in [0.25, 0.3) is 17.0 Å². The van der Waals surface area contributed by atoms with Crippen molar-refractivity contribution in [3.8, 4) is 5.82 Å². The third kappa shape index (κ3) is 2.32. The summed E-state index contributed by atoms with van der Waals surface area (Å²) in [6.45, 7) is 1.80. The van der Waals surface area contributed by atoms with E-state index in [-0.39, 0.29) is 18.2 Å². The highest BCUT2D eigenvalue weighted by atomic mass is 79.9. The molecule has 154 valence electrons. The molecule has 1 atom stereocenters. The number of aryl methyl sites for hydroxylation is 1. The fourth-order valence-corrected chi connectivity index (χ4v) is 5.44. The zero-order chi connectivity index (χ0) is 21.5. The molecule has 2 amide bonds. The minimum Gasteiger partial charge on any atom is -0.340 e.